The Hall–Kier alpha value is -2.95. The number of aldehydes is 1. The average Bonchev–Trinajstić information content (AvgIpc) is 2.79. The maximum Gasteiger partial charge on any atom is 0.253 e. The molecule has 0 spiro atoms. The number of amides is 1. The predicted molar refractivity (Wildman–Crippen MR) is 113 cm³/mol. The zero-order chi connectivity index (χ0) is 21.5. The van der Waals surface area contributed by atoms with Crippen LogP contribution < -0.4 is 4.74 Å². The molecule has 2 aromatic rings. The van der Waals surface area contributed by atoms with Gasteiger partial charge in [0.1, 0.15) is 5.75 Å². The molecule has 2 unspecified atom stereocenters. The highest BCUT2D eigenvalue weighted by Gasteiger charge is 2.26. The lowest BCUT2D eigenvalue weighted by molar-refractivity contribution is -0.133. The molecular formula is C23H31NO4. The topological polar surface area (TPSA) is 63.7 Å². The van der Waals surface area contributed by atoms with Gasteiger partial charge in [-0.15, -0.1) is 0 Å². The van der Waals surface area contributed by atoms with E-state index in [4.69, 9.17) is 4.74 Å². The van der Waals surface area contributed by atoms with Gasteiger partial charge in [0.15, 0.2) is 12.1 Å². The summed E-state index contributed by atoms with van der Waals surface area (Å²) < 4.78 is 4.91. The standard InChI is InChI=1S/C14H17NO3.C7H8O.C2H6/c1-10(13(17)9-16)11(2)15(3)14(18)12-7-5-4-6-8-12;1-8-7-5-3-2-4-6-7;1-2/h4-11H,1-3H3;2-6H,1H3;1-2H3. The number of carbonyl (C=O) groups is 3. The molecule has 0 aliphatic rings. The zero-order valence-electron chi connectivity index (χ0n) is 17.6. The van der Waals surface area contributed by atoms with Crippen molar-refractivity contribution in [3.8, 4) is 5.75 Å². The lowest BCUT2D eigenvalue weighted by Crippen LogP contribution is -2.41. The molecule has 0 aliphatic carbocycles. The summed E-state index contributed by atoms with van der Waals surface area (Å²) in [5, 5.41) is 0. The Balaban J connectivity index is 0.000000604. The fraction of sp³-hybridized carbons (Fsp3) is 0.348. The van der Waals surface area contributed by atoms with Gasteiger partial charge in [0.2, 0.25) is 0 Å². The van der Waals surface area contributed by atoms with Gasteiger partial charge in [0.05, 0.1) is 7.11 Å². The van der Waals surface area contributed by atoms with Gasteiger partial charge in [-0.1, -0.05) is 57.2 Å². The van der Waals surface area contributed by atoms with E-state index in [0.29, 0.717) is 11.8 Å². The highest BCUT2D eigenvalue weighted by atomic mass is 16.5. The van der Waals surface area contributed by atoms with Crippen LogP contribution in [0.1, 0.15) is 38.1 Å². The molecular weight excluding hydrogens is 354 g/mol. The number of rotatable bonds is 6. The van der Waals surface area contributed by atoms with Crippen LogP contribution >= 0.6 is 0 Å². The van der Waals surface area contributed by atoms with Gasteiger partial charge >= 0.3 is 0 Å². The van der Waals surface area contributed by atoms with E-state index < -0.39 is 11.7 Å². The van der Waals surface area contributed by atoms with E-state index >= 15 is 0 Å². The first-order valence-electron chi connectivity index (χ1n) is 9.32. The Bertz CT molecular complexity index is 701. The van der Waals surface area contributed by atoms with Crippen molar-refractivity contribution in [3.05, 3.63) is 66.2 Å². The average molecular weight is 386 g/mol. The second kappa shape index (κ2) is 14.2. The van der Waals surface area contributed by atoms with Crippen LogP contribution in [-0.2, 0) is 9.59 Å². The second-order valence-corrected chi connectivity index (χ2v) is 5.85. The van der Waals surface area contributed by atoms with E-state index in [1.165, 1.54) is 4.90 Å². The number of nitrogens with zero attached hydrogens (tertiary/aromatic N) is 1. The monoisotopic (exact) mass is 385 g/mol. The number of hydrogen-bond donors (Lipinski definition) is 0. The molecule has 0 bridgehead atoms. The van der Waals surface area contributed by atoms with E-state index in [0.717, 1.165) is 5.75 Å². The van der Waals surface area contributed by atoms with Crippen LogP contribution in [0.5, 0.6) is 5.75 Å². The molecule has 0 aliphatic heterocycles. The Labute approximate surface area is 168 Å². The molecule has 5 heteroatoms. The molecule has 0 saturated carbocycles. The van der Waals surface area contributed by atoms with Gasteiger partial charge in [-0.05, 0) is 31.2 Å². The molecule has 152 valence electrons. The Kier molecular flexibility index (Phi) is 12.7. The molecule has 2 rings (SSSR count). The van der Waals surface area contributed by atoms with Crippen molar-refractivity contribution in [1.82, 2.24) is 4.90 Å². The number of benzene rings is 2. The van der Waals surface area contributed by atoms with E-state index in [9.17, 15) is 14.4 Å². The van der Waals surface area contributed by atoms with Gasteiger partial charge in [0, 0.05) is 24.6 Å². The lowest BCUT2D eigenvalue weighted by Gasteiger charge is -2.28. The number of para-hydroxylation sites is 1. The summed E-state index contributed by atoms with van der Waals surface area (Å²) in [4.78, 5) is 35.4. The molecule has 2 aromatic carbocycles. The fourth-order valence-electron chi connectivity index (χ4n) is 2.21. The Morgan fingerprint density at radius 2 is 1.39 bits per heavy atom. The summed E-state index contributed by atoms with van der Waals surface area (Å²) in [5.74, 6) is -0.239. The summed E-state index contributed by atoms with van der Waals surface area (Å²) in [7, 11) is 3.30. The van der Waals surface area contributed by atoms with Crippen molar-refractivity contribution in [2.24, 2.45) is 5.92 Å². The van der Waals surface area contributed by atoms with Gasteiger partial charge in [0.25, 0.3) is 5.91 Å². The van der Waals surface area contributed by atoms with Crippen LogP contribution in [0.25, 0.3) is 0 Å². The summed E-state index contributed by atoms with van der Waals surface area (Å²) in [6.07, 6.45) is 0.308. The molecule has 28 heavy (non-hydrogen) atoms. The molecule has 2 atom stereocenters. The van der Waals surface area contributed by atoms with Crippen molar-refractivity contribution in [3.63, 3.8) is 0 Å². The first-order chi connectivity index (χ1) is 13.4. The first kappa shape index (κ1) is 25.1. The molecule has 0 saturated heterocycles. The zero-order valence-corrected chi connectivity index (χ0v) is 17.6. The van der Waals surface area contributed by atoms with Gasteiger partial charge < -0.3 is 9.64 Å². The number of ether oxygens (including phenoxy) is 1. The third-order valence-corrected chi connectivity index (χ3v) is 4.22. The third-order valence-electron chi connectivity index (χ3n) is 4.22. The minimum absolute atomic E-state index is 0.159. The second-order valence-electron chi connectivity index (χ2n) is 5.85. The van der Waals surface area contributed by atoms with Gasteiger partial charge in [-0.3, -0.25) is 14.4 Å². The van der Waals surface area contributed by atoms with E-state index in [1.807, 2.05) is 50.2 Å². The predicted octanol–water partition coefficient (Wildman–Crippen LogP) is 4.27. The van der Waals surface area contributed by atoms with Crippen LogP contribution in [0.15, 0.2) is 60.7 Å². The van der Waals surface area contributed by atoms with Crippen molar-refractivity contribution in [1.29, 1.82) is 0 Å². The summed E-state index contributed by atoms with van der Waals surface area (Å²) in [5.41, 5.74) is 0.567. The maximum atomic E-state index is 12.1. The molecule has 0 N–H and O–H groups in total. The van der Waals surface area contributed by atoms with Crippen LogP contribution in [-0.4, -0.2) is 43.1 Å². The van der Waals surface area contributed by atoms with Crippen LogP contribution in [0.4, 0.5) is 0 Å². The van der Waals surface area contributed by atoms with Gasteiger partial charge in [-0.2, -0.15) is 0 Å². The van der Waals surface area contributed by atoms with Crippen molar-refractivity contribution >= 4 is 18.0 Å². The molecule has 0 heterocycles. The summed E-state index contributed by atoms with van der Waals surface area (Å²) >= 11 is 0. The van der Waals surface area contributed by atoms with Crippen molar-refractivity contribution in [2.75, 3.05) is 14.2 Å². The van der Waals surface area contributed by atoms with Crippen molar-refractivity contribution < 1.29 is 19.1 Å². The minimum atomic E-state index is -0.500. The molecule has 0 aromatic heterocycles. The Morgan fingerprint density at radius 3 is 1.79 bits per heavy atom. The first-order valence-corrected chi connectivity index (χ1v) is 9.32. The van der Waals surface area contributed by atoms with Crippen LogP contribution in [0.2, 0.25) is 0 Å². The lowest BCUT2D eigenvalue weighted by atomic mass is 9.97. The fourth-order valence-corrected chi connectivity index (χ4v) is 2.21. The number of carbonyl (C=O) groups excluding carboxylic acids is 3. The molecule has 1 amide bonds. The summed E-state index contributed by atoms with van der Waals surface area (Å²) in [6.45, 7) is 7.41. The Morgan fingerprint density at radius 1 is 0.929 bits per heavy atom. The SMILES string of the molecule is CC.CC(C(=O)C=O)C(C)N(C)C(=O)c1ccccc1.COc1ccccc1. The van der Waals surface area contributed by atoms with Gasteiger partial charge in [-0.25, -0.2) is 0 Å². The smallest absolute Gasteiger partial charge is 0.253 e. The number of methoxy groups -OCH3 is 1. The quantitative estimate of drug-likeness (QED) is 0.550. The molecule has 5 nitrogen and oxygen atoms in total. The van der Waals surface area contributed by atoms with E-state index in [-0.39, 0.29) is 11.9 Å². The highest BCUT2D eigenvalue weighted by Crippen LogP contribution is 2.13. The van der Waals surface area contributed by atoms with E-state index in [1.54, 1.807) is 52.3 Å². The molecule has 0 radical (unpaired) electrons. The normalized spacial score (nSPS) is 11.4. The largest absolute Gasteiger partial charge is 0.497 e. The molecule has 0 fully saturated rings. The summed E-state index contributed by atoms with van der Waals surface area (Å²) in [6, 6.07) is 18.2. The third kappa shape index (κ3) is 8.16. The number of Topliss-reactive ketones (excluding diaryl/α,β-unsaturated/α-hetero) is 1. The number of hydrogen-bond acceptors (Lipinski definition) is 4. The van der Waals surface area contributed by atoms with Crippen LogP contribution in [0.3, 0.4) is 0 Å². The van der Waals surface area contributed by atoms with Crippen LogP contribution in [0, 0.1) is 5.92 Å². The highest BCUT2D eigenvalue weighted by molar-refractivity contribution is 6.26. The minimum Gasteiger partial charge on any atom is -0.497 e. The number of ketones is 1. The van der Waals surface area contributed by atoms with E-state index in [2.05, 4.69) is 0 Å². The van der Waals surface area contributed by atoms with Crippen molar-refractivity contribution in [2.45, 2.75) is 33.7 Å². The maximum absolute atomic E-state index is 12.1.